The standard InChI is InChI=1S/C29H32N4O3S/c1-4-36-23-11-9-22(10-12-23)33-28(35)26(30(3)29(33)37)17-21-18-32(25-8-6-5-7-24(21)25)19-27(34)31-15-13-20(2)14-16-31/h5-12,17-18,20H,4,13-16,19H2,1-3H3/b26-17-. The van der Waals surface area contributed by atoms with E-state index in [9.17, 15) is 9.59 Å². The van der Waals surface area contributed by atoms with Gasteiger partial charge in [-0.15, -0.1) is 0 Å². The molecule has 2 fully saturated rings. The maximum atomic E-state index is 13.5. The lowest BCUT2D eigenvalue weighted by Gasteiger charge is -2.30. The van der Waals surface area contributed by atoms with Crippen LogP contribution in [0.2, 0.25) is 0 Å². The Bertz CT molecular complexity index is 1370. The first-order valence-corrected chi connectivity index (χ1v) is 13.2. The van der Waals surface area contributed by atoms with E-state index in [1.165, 1.54) is 4.90 Å². The van der Waals surface area contributed by atoms with Crippen LogP contribution in [0.15, 0.2) is 60.4 Å². The number of nitrogens with zero attached hydrogens (tertiary/aromatic N) is 4. The van der Waals surface area contributed by atoms with Gasteiger partial charge in [0.05, 0.1) is 12.3 Å². The fourth-order valence-corrected chi connectivity index (χ4v) is 5.30. The highest BCUT2D eigenvalue weighted by molar-refractivity contribution is 7.80. The molecular formula is C29H32N4O3S. The van der Waals surface area contributed by atoms with Crippen molar-refractivity contribution in [2.45, 2.75) is 33.2 Å². The van der Waals surface area contributed by atoms with E-state index in [1.54, 1.807) is 11.9 Å². The smallest absolute Gasteiger partial charge is 0.281 e. The molecule has 192 valence electrons. The zero-order chi connectivity index (χ0) is 26.1. The minimum absolute atomic E-state index is 0.128. The number of carbonyl (C=O) groups excluding carboxylic acids is 2. The number of fused-ring (bicyclic) bond motifs is 1. The molecule has 1 aromatic heterocycles. The van der Waals surface area contributed by atoms with E-state index in [1.807, 2.05) is 77.2 Å². The highest BCUT2D eigenvalue weighted by Gasteiger charge is 2.37. The molecule has 5 rings (SSSR count). The molecule has 0 atom stereocenters. The average Bonchev–Trinajstić information content (AvgIpc) is 3.35. The van der Waals surface area contributed by atoms with Crippen LogP contribution in [0.4, 0.5) is 5.69 Å². The van der Waals surface area contributed by atoms with Crippen molar-refractivity contribution in [2.75, 3.05) is 31.6 Å². The Balaban J connectivity index is 1.44. The van der Waals surface area contributed by atoms with Crippen molar-refractivity contribution in [3.63, 3.8) is 0 Å². The van der Waals surface area contributed by atoms with Crippen LogP contribution >= 0.6 is 12.2 Å². The van der Waals surface area contributed by atoms with Gasteiger partial charge in [0, 0.05) is 42.8 Å². The fourth-order valence-electron chi connectivity index (χ4n) is 5.01. The van der Waals surface area contributed by atoms with Gasteiger partial charge in [-0.2, -0.15) is 0 Å². The number of hydrogen-bond donors (Lipinski definition) is 0. The third kappa shape index (κ3) is 4.85. The molecule has 8 heteroatoms. The number of likely N-dealkylation sites (tertiary alicyclic amines) is 1. The minimum Gasteiger partial charge on any atom is -0.494 e. The van der Waals surface area contributed by atoms with Gasteiger partial charge in [0.2, 0.25) is 5.91 Å². The number of rotatable bonds is 6. The lowest BCUT2D eigenvalue weighted by molar-refractivity contribution is -0.133. The lowest BCUT2D eigenvalue weighted by atomic mass is 9.99. The van der Waals surface area contributed by atoms with E-state index < -0.39 is 0 Å². The van der Waals surface area contributed by atoms with Crippen LogP contribution in [0, 0.1) is 5.92 Å². The van der Waals surface area contributed by atoms with Crippen molar-refractivity contribution >= 4 is 51.8 Å². The number of thiocarbonyl (C=S) groups is 1. The third-order valence-electron chi connectivity index (χ3n) is 7.22. The van der Waals surface area contributed by atoms with Gasteiger partial charge in [-0.1, -0.05) is 25.1 Å². The number of para-hydroxylation sites is 1. The molecule has 0 spiro atoms. The highest BCUT2D eigenvalue weighted by Crippen LogP contribution is 2.31. The van der Waals surface area contributed by atoms with Gasteiger partial charge in [0.15, 0.2) is 5.11 Å². The van der Waals surface area contributed by atoms with E-state index in [2.05, 4.69) is 6.92 Å². The fraction of sp³-hybridized carbons (Fsp3) is 0.345. The van der Waals surface area contributed by atoms with Gasteiger partial charge in [-0.3, -0.25) is 14.5 Å². The summed E-state index contributed by atoms with van der Waals surface area (Å²) in [6, 6.07) is 15.3. The van der Waals surface area contributed by atoms with Crippen molar-refractivity contribution in [1.82, 2.24) is 14.4 Å². The summed E-state index contributed by atoms with van der Waals surface area (Å²) < 4.78 is 7.52. The largest absolute Gasteiger partial charge is 0.494 e. The van der Waals surface area contributed by atoms with E-state index >= 15 is 0 Å². The number of benzene rings is 2. The molecule has 3 heterocycles. The summed E-state index contributed by atoms with van der Waals surface area (Å²) >= 11 is 5.64. The Morgan fingerprint density at radius 1 is 1.11 bits per heavy atom. The number of aromatic nitrogens is 1. The first kappa shape index (κ1) is 25.0. The Labute approximate surface area is 222 Å². The topological polar surface area (TPSA) is 58.0 Å². The molecule has 2 aliphatic heterocycles. The van der Waals surface area contributed by atoms with Gasteiger partial charge in [0.25, 0.3) is 5.91 Å². The number of likely N-dealkylation sites (N-methyl/N-ethyl adjacent to an activating group) is 1. The van der Waals surface area contributed by atoms with Crippen LogP contribution in [0.1, 0.15) is 32.3 Å². The molecule has 2 aromatic carbocycles. The average molecular weight is 517 g/mol. The number of carbonyl (C=O) groups is 2. The summed E-state index contributed by atoms with van der Waals surface area (Å²) in [6.45, 7) is 6.65. The molecule has 0 radical (unpaired) electrons. The number of piperidine rings is 1. The van der Waals surface area contributed by atoms with Gasteiger partial charge < -0.3 is 19.1 Å². The van der Waals surface area contributed by atoms with Crippen LogP contribution in [0.25, 0.3) is 17.0 Å². The summed E-state index contributed by atoms with van der Waals surface area (Å²) in [6.07, 6.45) is 5.93. The van der Waals surface area contributed by atoms with Gasteiger partial charge >= 0.3 is 0 Å². The summed E-state index contributed by atoms with van der Waals surface area (Å²) in [5.41, 5.74) is 3.02. The SMILES string of the molecule is CCOc1ccc(N2C(=O)/C(=C/c3cn(CC(=O)N4CCC(C)CC4)c4ccccc34)N(C)C2=S)cc1. The summed E-state index contributed by atoms with van der Waals surface area (Å²) in [5, 5.41) is 1.40. The summed E-state index contributed by atoms with van der Waals surface area (Å²) in [5.74, 6) is 1.36. The maximum Gasteiger partial charge on any atom is 0.281 e. The second-order valence-corrected chi connectivity index (χ2v) is 10.1. The first-order chi connectivity index (χ1) is 17.9. The zero-order valence-corrected chi connectivity index (χ0v) is 22.3. The second-order valence-electron chi connectivity index (χ2n) is 9.73. The summed E-state index contributed by atoms with van der Waals surface area (Å²) in [4.78, 5) is 31.8. The molecule has 0 aliphatic carbocycles. The predicted octanol–water partition coefficient (Wildman–Crippen LogP) is 4.90. The number of anilines is 1. The number of ether oxygens (including phenoxy) is 1. The normalized spacial score (nSPS) is 17.9. The molecule has 37 heavy (non-hydrogen) atoms. The molecule has 0 saturated carbocycles. The zero-order valence-electron chi connectivity index (χ0n) is 21.5. The van der Waals surface area contributed by atoms with E-state index in [4.69, 9.17) is 17.0 Å². The first-order valence-electron chi connectivity index (χ1n) is 12.8. The number of hydrogen-bond acceptors (Lipinski definition) is 4. The van der Waals surface area contributed by atoms with Gasteiger partial charge in [0.1, 0.15) is 18.0 Å². The van der Waals surface area contributed by atoms with Gasteiger partial charge in [-0.25, -0.2) is 0 Å². The Hall–Kier alpha value is -3.65. The van der Waals surface area contributed by atoms with Crippen molar-refractivity contribution in [2.24, 2.45) is 5.92 Å². The Kier molecular flexibility index (Phi) is 7.02. The van der Waals surface area contributed by atoms with Crippen molar-refractivity contribution in [3.05, 3.63) is 66.0 Å². The molecule has 7 nitrogen and oxygen atoms in total. The van der Waals surface area contributed by atoms with Crippen LogP contribution in [-0.4, -0.2) is 58.0 Å². The Morgan fingerprint density at radius 2 is 1.81 bits per heavy atom. The summed E-state index contributed by atoms with van der Waals surface area (Å²) in [7, 11) is 1.81. The van der Waals surface area contributed by atoms with Crippen LogP contribution < -0.4 is 9.64 Å². The molecule has 0 unspecified atom stereocenters. The van der Waals surface area contributed by atoms with Crippen molar-refractivity contribution < 1.29 is 14.3 Å². The molecule has 0 bridgehead atoms. The van der Waals surface area contributed by atoms with Crippen LogP contribution in [0.3, 0.4) is 0 Å². The number of amides is 2. The molecule has 0 N–H and O–H groups in total. The minimum atomic E-state index is -0.188. The van der Waals surface area contributed by atoms with E-state index in [0.717, 1.165) is 48.1 Å². The third-order valence-corrected chi connectivity index (χ3v) is 7.68. The highest BCUT2D eigenvalue weighted by atomic mass is 32.1. The molecule has 2 saturated heterocycles. The second kappa shape index (κ2) is 10.4. The molecular weight excluding hydrogens is 484 g/mol. The van der Waals surface area contributed by atoms with E-state index in [0.29, 0.717) is 29.0 Å². The monoisotopic (exact) mass is 516 g/mol. The van der Waals surface area contributed by atoms with Crippen LogP contribution in [0.5, 0.6) is 5.75 Å². The molecule has 2 aliphatic rings. The Morgan fingerprint density at radius 3 is 2.51 bits per heavy atom. The van der Waals surface area contributed by atoms with Crippen LogP contribution in [-0.2, 0) is 16.1 Å². The quantitative estimate of drug-likeness (QED) is 0.345. The molecule has 2 amide bonds. The van der Waals surface area contributed by atoms with Crippen molar-refractivity contribution in [3.8, 4) is 5.75 Å². The van der Waals surface area contributed by atoms with Crippen molar-refractivity contribution in [1.29, 1.82) is 0 Å². The van der Waals surface area contributed by atoms with E-state index in [-0.39, 0.29) is 18.4 Å². The maximum absolute atomic E-state index is 13.5. The predicted molar refractivity (Wildman–Crippen MR) is 150 cm³/mol. The van der Waals surface area contributed by atoms with Gasteiger partial charge in [-0.05, 0) is 74.3 Å². The lowest BCUT2D eigenvalue weighted by Crippen LogP contribution is -2.39. The molecule has 3 aromatic rings.